The van der Waals surface area contributed by atoms with Crippen LogP contribution in [-0.2, 0) is 4.52 Å². The minimum Gasteiger partial charge on any atom is -0.324 e. The first-order chi connectivity index (χ1) is 6.42. The van der Waals surface area contributed by atoms with Crippen LogP contribution in [0, 0.1) is 0 Å². The summed E-state index contributed by atoms with van der Waals surface area (Å²) in [6.45, 7) is 0. The lowest BCUT2D eigenvalue weighted by Crippen LogP contribution is -2.03. The van der Waals surface area contributed by atoms with Gasteiger partial charge in [-0.2, -0.15) is 19.1 Å². The summed E-state index contributed by atoms with van der Waals surface area (Å²) in [6, 6.07) is 0. The molecule has 0 aliphatic rings. The fourth-order valence-electron chi connectivity index (χ4n) is 0.842. The molecule has 0 N–H and O–H groups in total. The number of rotatable bonds is 3. The van der Waals surface area contributed by atoms with Crippen LogP contribution in [0.4, 0.5) is 0 Å². The van der Waals surface area contributed by atoms with Gasteiger partial charge >= 0.3 is 0 Å². The van der Waals surface area contributed by atoms with Crippen LogP contribution in [0.25, 0.3) is 0 Å². The van der Waals surface area contributed by atoms with Gasteiger partial charge in [0.2, 0.25) is 0 Å². The summed E-state index contributed by atoms with van der Waals surface area (Å²) >= 11 is 0. The Morgan fingerprint density at radius 1 is 1.08 bits per heavy atom. The van der Waals surface area contributed by atoms with Crippen LogP contribution in [0.2, 0.25) is 0 Å². The lowest BCUT2D eigenvalue weighted by atomic mass is 11.3. The predicted molar refractivity (Wildman–Crippen MR) is 44.8 cm³/mol. The Labute approximate surface area is 75.3 Å². The largest absolute Gasteiger partial charge is 0.324 e. The van der Waals surface area contributed by atoms with Gasteiger partial charge in [0, 0.05) is 7.11 Å². The first-order valence-electron chi connectivity index (χ1n) is 3.46. The molecule has 0 fully saturated rings. The summed E-state index contributed by atoms with van der Waals surface area (Å²) in [7, 11) is 0.504. The third-order valence-electron chi connectivity index (χ3n) is 1.33. The highest BCUT2D eigenvalue weighted by Crippen LogP contribution is 2.36. The molecular weight excluding hydrogens is 191 g/mol. The zero-order valence-corrected chi connectivity index (χ0v) is 7.74. The second-order valence-corrected chi connectivity index (χ2v) is 3.76. The lowest BCUT2D eigenvalue weighted by Gasteiger charge is -2.11. The Morgan fingerprint density at radius 2 is 1.62 bits per heavy atom. The van der Waals surface area contributed by atoms with E-state index in [1.54, 1.807) is 28.7 Å². The highest BCUT2D eigenvalue weighted by molar-refractivity contribution is 7.48. The van der Waals surface area contributed by atoms with Crippen molar-refractivity contribution in [3.8, 4) is 0 Å². The molecule has 2 rings (SSSR count). The fourth-order valence-corrected chi connectivity index (χ4v) is 1.93. The van der Waals surface area contributed by atoms with Gasteiger partial charge in [0.25, 0.3) is 8.45 Å². The molecule has 0 radical (unpaired) electrons. The topological polar surface area (TPSA) is 70.7 Å². The normalized spacial score (nSPS) is 10.9. The molecule has 0 aliphatic carbocycles. The molecule has 2 aromatic heterocycles. The van der Waals surface area contributed by atoms with E-state index >= 15 is 0 Å². The minimum atomic E-state index is -1.09. The molecule has 8 heteroatoms. The van der Waals surface area contributed by atoms with E-state index in [9.17, 15) is 0 Å². The van der Waals surface area contributed by atoms with Gasteiger partial charge in [-0.3, -0.25) is 0 Å². The van der Waals surface area contributed by atoms with Crippen molar-refractivity contribution in [2.24, 2.45) is 0 Å². The molecule has 0 atom stereocenters. The van der Waals surface area contributed by atoms with E-state index in [2.05, 4.69) is 20.2 Å². The first-order valence-corrected chi connectivity index (χ1v) is 4.62. The number of aromatic nitrogens is 6. The van der Waals surface area contributed by atoms with Crippen LogP contribution in [0.1, 0.15) is 0 Å². The third-order valence-corrected chi connectivity index (χ3v) is 2.77. The van der Waals surface area contributed by atoms with E-state index in [4.69, 9.17) is 4.52 Å². The molecule has 0 saturated carbocycles. The molecule has 0 bridgehead atoms. The smallest absolute Gasteiger partial charge is 0.294 e. The molecule has 13 heavy (non-hydrogen) atoms. The maximum atomic E-state index is 5.22. The molecule has 2 heterocycles. The van der Waals surface area contributed by atoms with Crippen molar-refractivity contribution in [3.05, 3.63) is 25.3 Å². The minimum absolute atomic E-state index is 1.09. The van der Waals surface area contributed by atoms with Gasteiger partial charge in [0.1, 0.15) is 25.3 Å². The van der Waals surface area contributed by atoms with Crippen LogP contribution in [0.3, 0.4) is 0 Å². The summed E-state index contributed by atoms with van der Waals surface area (Å²) in [6.07, 6.45) is 6.06. The van der Waals surface area contributed by atoms with Gasteiger partial charge in [-0.25, -0.2) is 9.97 Å². The maximum absolute atomic E-state index is 5.22. The van der Waals surface area contributed by atoms with Crippen LogP contribution < -0.4 is 0 Å². The molecule has 7 nitrogen and oxygen atoms in total. The summed E-state index contributed by atoms with van der Waals surface area (Å²) in [4.78, 5) is 7.65. The molecule has 0 aromatic carbocycles. The van der Waals surface area contributed by atoms with Gasteiger partial charge in [-0.15, -0.1) is 0 Å². The molecule has 68 valence electrons. The Morgan fingerprint density at radius 3 is 1.92 bits per heavy atom. The van der Waals surface area contributed by atoms with Crippen molar-refractivity contribution in [2.45, 2.75) is 0 Å². The first kappa shape index (κ1) is 8.28. The van der Waals surface area contributed by atoms with Crippen LogP contribution in [0.15, 0.2) is 25.3 Å². The van der Waals surface area contributed by atoms with Gasteiger partial charge in [-0.05, 0) is 0 Å². The Kier molecular flexibility index (Phi) is 2.29. The van der Waals surface area contributed by atoms with Crippen molar-refractivity contribution >= 4 is 8.45 Å². The summed E-state index contributed by atoms with van der Waals surface area (Å²) in [5, 5.41) is 7.93. The van der Waals surface area contributed by atoms with E-state index in [1.165, 1.54) is 12.7 Å². The van der Waals surface area contributed by atoms with Crippen molar-refractivity contribution in [1.29, 1.82) is 0 Å². The van der Waals surface area contributed by atoms with Crippen molar-refractivity contribution < 1.29 is 4.52 Å². The predicted octanol–water partition coefficient (Wildman–Crippen LogP) is 0.139. The Hall–Kier alpha value is -1.33. The second kappa shape index (κ2) is 3.59. The molecular formula is C5H7N6OP. The van der Waals surface area contributed by atoms with E-state index < -0.39 is 8.45 Å². The van der Waals surface area contributed by atoms with E-state index in [1.807, 2.05) is 0 Å². The molecule has 0 spiro atoms. The van der Waals surface area contributed by atoms with Crippen molar-refractivity contribution in [1.82, 2.24) is 29.1 Å². The standard InChI is InChI=1S/C5H7N6OP/c1-12-13(10-4-6-2-8-10)11-5-7-3-9-11/h2-5H,1H3. The van der Waals surface area contributed by atoms with Crippen LogP contribution >= 0.6 is 8.45 Å². The summed E-state index contributed by atoms with van der Waals surface area (Å²) < 4.78 is 8.43. The third kappa shape index (κ3) is 1.56. The van der Waals surface area contributed by atoms with E-state index in [0.717, 1.165) is 0 Å². The maximum Gasteiger partial charge on any atom is 0.294 e. The SMILES string of the molecule is COP(n1cncn1)n1cncn1. The zero-order valence-electron chi connectivity index (χ0n) is 6.85. The Balaban J connectivity index is 2.29. The quantitative estimate of drug-likeness (QED) is 0.656. The fraction of sp³-hybridized carbons (Fsp3) is 0.200. The number of hydrogen-bond acceptors (Lipinski definition) is 5. The highest BCUT2D eigenvalue weighted by Gasteiger charge is 2.14. The molecule has 0 saturated heterocycles. The van der Waals surface area contributed by atoms with Crippen molar-refractivity contribution in [2.75, 3.05) is 7.11 Å². The van der Waals surface area contributed by atoms with Gasteiger partial charge in [0.15, 0.2) is 0 Å². The molecule has 0 aliphatic heterocycles. The van der Waals surface area contributed by atoms with E-state index in [-0.39, 0.29) is 0 Å². The van der Waals surface area contributed by atoms with Gasteiger partial charge < -0.3 is 4.52 Å². The summed E-state index contributed by atoms with van der Waals surface area (Å²) in [5.41, 5.74) is 0. The molecule has 0 amide bonds. The van der Waals surface area contributed by atoms with Crippen LogP contribution in [0.5, 0.6) is 0 Å². The molecule has 2 aromatic rings. The summed E-state index contributed by atoms with van der Waals surface area (Å²) in [5.74, 6) is 0. The Bertz CT molecular complexity index is 311. The monoisotopic (exact) mass is 198 g/mol. The van der Waals surface area contributed by atoms with Crippen LogP contribution in [-0.4, -0.2) is 36.2 Å². The molecule has 0 unspecified atom stereocenters. The number of nitrogens with zero attached hydrogens (tertiary/aromatic N) is 6. The van der Waals surface area contributed by atoms with Crippen molar-refractivity contribution in [3.63, 3.8) is 0 Å². The second-order valence-electron chi connectivity index (χ2n) is 2.07. The van der Waals surface area contributed by atoms with Gasteiger partial charge in [-0.1, -0.05) is 0 Å². The highest BCUT2D eigenvalue weighted by atomic mass is 31.2. The average molecular weight is 198 g/mol. The number of hydrogen-bond donors (Lipinski definition) is 0. The lowest BCUT2D eigenvalue weighted by molar-refractivity contribution is 0.438. The zero-order chi connectivity index (χ0) is 9.10. The van der Waals surface area contributed by atoms with Gasteiger partial charge in [0.05, 0.1) is 0 Å². The van der Waals surface area contributed by atoms with E-state index in [0.29, 0.717) is 0 Å². The average Bonchev–Trinajstić information content (AvgIpc) is 2.76.